The SMILES string of the molecule is O=C(CN1CCNCC1c1cccc(F)c1)Nc1ccccc1SC(F)F. The lowest BCUT2D eigenvalue weighted by Gasteiger charge is -2.36. The summed E-state index contributed by atoms with van der Waals surface area (Å²) in [5.74, 6) is -3.17. The Bertz CT molecular complexity index is 790. The van der Waals surface area contributed by atoms with Gasteiger partial charge in [0.25, 0.3) is 5.76 Å². The summed E-state index contributed by atoms with van der Waals surface area (Å²) in [6.45, 7) is 2.05. The molecule has 1 unspecified atom stereocenters. The molecule has 2 N–H and O–H groups in total. The number of carbonyl (C=O) groups is 1. The molecular weight excluding hydrogens is 375 g/mol. The van der Waals surface area contributed by atoms with Crippen LogP contribution in [0.1, 0.15) is 11.6 Å². The lowest BCUT2D eigenvalue weighted by atomic mass is 10.0. The molecule has 4 nitrogen and oxygen atoms in total. The maximum atomic E-state index is 13.6. The van der Waals surface area contributed by atoms with Gasteiger partial charge in [0.2, 0.25) is 5.91 Å². The van der Waals surface area contributed by atoms with Crippen molar-refractivity contribution in [2.75, 3.05) is 31.5 Å². The van der Waals surface area contributed by atoms with Gasteiger partial charge in [0.1, 0.15) is 5.82 Å². The fourth-order valence-electron chi connectivity index (χ4n) is 3.12. The number of halogens is 3. The standard InChI is InChI=1S/C19H20F3N3OS/c20-14-5-3-4-13(10-14)16-11-23-8-9-25(16)12-18(26)24-15-6-1-2-7-17(15)27-19(21)22/h1-7,10,16,19,23H,8-9,11-12H2,(H,24,26). The molecule has 2 aromatic rings. The average Bonchev–Trinajstić information content (AvgIpc) is 2.63. The van der Waals surface area contributed by atoms with Crippen molar-refractivity contribution in [3.63, 3.8) is 0 Å². The first-order chi connectivity index (χ1) is 13.0. The van der Waals surface area contributed by atoms with Crippen LogP contribution in [0.3, 0.4) is 0 Å². The molecule has 0 aromatic heterocycles. The van der Waals surface area contributed by atoms with E-state index in [1.54, 1.807) is 30.3 Å². The van der Waals surface area contributed by atoms with Crippen LogP contribution >= 0.6 is 11.8 Å². The third kappa shape index (κ3) is 5.47. The molecule has 3 rings (SSSR count). The number of hydrogen-bond donors (Lipinski definition) is 2. The molecule has 2 aromatic carbocycles. The van der Waals surface area contributed by atoms with Crippen molar-refractivity contribution in [3.05, 3.63) is 59.9 Å². The molecule has 1 aliphatic rings. The third-order valence-corrected chi connectivity index (χ3v) is 5.10. The second kappa shape index (κ2) is 9.25. The zero-order valence-electron chi connectivity index (χ0n) is 14.5. The second-order valence-electron chi connectivity index (χ2n) is 6.17. The number of benzene rings is 2. The minimum absolute atomic E-state index is 0.0938. The minimum Gasteiger partial charge on any atom is -0.324 e. The highest BCUT2D eigenvalue weighted by Crippen LogP contribution is 2.31. The Labute approximate surface area is 160 Å². The highest BCUT2D eigenvalue weighted by Gasteiger charge is 2.26. The Kier molecular flexibility index (Phi) is 6.76. The molecule has 8 heteroatoms. The first-order valence-corrected chi connectivity index (χ1v) is 9.45. The first-order valence-electron chi connectivity index (χ1n) is 8.57. The van der Waals surface area contributed by atoms with Crippen LogP contribution in [-0.4, -0.2) is 42.7 Å². The number of hydrogen-bond acceptors (Lipinski definition) is 4. The molecule has 0 radical (unpaired) electrons. The lowest BCUT2D eigenvalue weighted by Crippen LogP contribution is -2.48. The molecule has 0 bridgehead atoms. The van der Waals surface area contributed by atoms with Crippen LogP contribution in [0.25, 0.3) is 0 Å². The van der Waals surface area contributed by atoms with Gasteiger partial charge in [-0.3, -0.25) is 9.69 Å². The largest absolute Gasteiger partial charge is 0.324 e. The first kappa shape index (κ1) is 19.7. The van der Waals surface area contributed by atoms with Crippen LogP contribution < -0.4 is 10.6 Å². The summed E-state index contributed by atoms with van der Waals surface area (Å²) in [6.07, 6.45) is 0. The van der Waals surface area contributed by atoms with Crippen LogP contribution in [0, 0.1) is 5.82 Å². The van der Waals surface area contributed by atoms with Gasteiger partial charge in [0.15, 0.2) is 0 Å². The molecule has 1 amide bonds. The normalized spacial score (nSPS) is 17.9. The summed E-state index contributed by atoms with van der Waals surface area (Å²) >= 11 is 0.399. The van der Waals surface area contributed by atoms with Crippen molar-refractivity contribution in [1.29, 1.82) is 0 Å². The number of thioether (sulfide) groups is 1. The van der Waals surface area contributed by atoms with Crippen molar-refractivity contribution in [2.45, 2.75) is 16.7 Å². The van der Waals surface area contributed by atoms with Crippen molar-refractivity contribution < 1.29 is 18.0 Å². The van der Waals surface area contributed by atoms with Crippen LogP contribution in [-0.2, 0) is 4.79 Å². The molecule has 144 valence electrons. The molecule has 0 spiro atoms. The predicted octanol–water partition coefficient (Wildman–Crippen LogP) is 3.73. The van der Waals surface area contributed by atoms with Crippen molar-refractivity contribution >= 4 is 23.4 Å². The van der Waals surface area contributed by atoms with E-state index in [0.29, 0.717) is 35.4 Å². The topological polar surface area (TPSA) is 44.4 Å². The molecule has 1 fully saturated rings. The smallest absolute Gasteiger partial charge is 0.288 e. The number of nitrogens with one attached hydrogen (secondary N) is 2. The molecule has 1 saturated heterocycles. The maximum Gasteiger partial charge on any atom is 0.288 e. The van der Waals surface area contributed by atoms with Crippen molar-refractivity contribution in [1.82, 2.24) is 10.2 Å². The summed E-state index contributed by atoms with van der Waals surface area (Å²) in [5, 5.41) is 5.97. The van der Waals surface area contributed by atoms with Gasteiger partial charge in [0.05, 0.1) is 12.2 Å². The minimum atomic E-state index is -2.56. The molecule has 27 heavy (non-hydrogen) atoms. The van der Waals surface area contributed by atoms with Crippen LogP contribution in [0.2, 0.25) is 0 Å². The number of nitrogens with zero attached hydrogens (tertiary/aromatic N) is 1. The number of para-hydroxylation sites is 1. The third-order valence-electron chi connectivity index (χ3n) is 4.31. The van der Waals surface area contributed by atoms with Gasteiger partial charge in [-0.15, -0.1) is 0 Å². The van der Waals surface area contributed by atoms with Gasteiger partial charge in [-0.2, -0.15) is 8.78 Å². The zero-order chi connectivity index (χ0) is 19.2. The van der Waals surface area contributed by atoms with E-state index in [4.69, 9.17) is 0 Å². The number of rotatable bonds is 6. The molecular formula is C19H20F3N3OS. The predicted molar refractivity (Wildman–Crippen MR) is 101 cm³/mol. The summed E-state index contributed by atoms with van der Waals surface area (Å²) in [7, 11) is 0. The quantitative estimate of drug-likeness (QED) is 0.732. The molecule has 1 aliphatic heterocycles. The van der Waals surface area contributed by atoms with Crippen molar-refractivity contribution in [3.8, 4) is 0 Å². The van der Waals surface area contributed by atoms with E-state index in [0.717, 1.165) is 12.1 Å². The summed E-state index contributed by atoms with van der Waals surface area (Å²) in [5.41, 5.74) is 1.16. The van der Waals surface area contributed by atoms with Gasteiger partial charge >= 0.3 is 0 Å². The summed E-state index contributed by atoms with van der Waals surface area (Å²) in [6, 6.07) is 12.7. The fourth-order valence-corrected chi connectivity index (χ4v) is 3.72. The Morgan fingerprint density at radius 3 is 2.85 bits per heavy atom. The van der Waals surface area contributed by atoms with Crippen LogP contribution in [0.15, 0.2) is 53.4 Å². The van der Waals surface area contributed by atoms with Gasteiger partial charge in [0, 0.05) is 30.6 Å². The van der Waals surface area contributed by atoms with Crippen molar-refractivity contribution in [2.24, 2.45) is 0 Å². The highest BCUT2D eigenvalue weighted by molar-refractivity contribution is 7.99. The number of piperazine rings is 1. The van der Waals surface area contributed by atoms with E-state index in [9.17, 15) is 18.0 Å². The fraction of sp³-hybridized carbons (Fsp3) is 0.316. The molecule has 0 aliphatic carbocycles. The van der Waals surface area contributed by atoms with Gasteiger partial charge in [-0.05, 0) is 29.8 Å². The van der Waals surface area contributed by atoms with E-state index in [1.165, 1.54) is 12.1 Å². The summed E-state index contributed by atoms with van der Waals surface area (Å²) < 4.78 is 38.9. The Morgan fingerprint density at radius 2 is 2.07 bits per heavy atom. The number of anilines is 1. The van der Waals surface area contributed by atoms with Gasteiger partial charge in [-0.25, -0.2) is 4.39 Å². The van der Waals surface area contributed by atoms with Gasteiger partial charge < -0.3 is 10.6 Å². The van der Waals surface area contributed by atoms with Crippen LogP contribution in [0.5, 0.6) is 0 Å². The summed E-state index contributed by atoms with van der Waals surface area (Å²) in [4.78, 5) is 14.8. The Morgan fingerprint density at radius 1 is 1.26 bits per heavy atom. The molecule has 1 atom stereocenters. The van der Waals surface area contributed by atoms with Gasteiger partial charge in [-0.1, -0.05) is 36.0 Å². The Hall–Kier alpha value is -2.03. The van der Waals surface area contributed by atoms with E-state index in [2.05, 4.69) is 10.6 Å². The van der Waals surface area contributed by atoms with E-state index in [-0.39, 0.29) is 24.3 Å². The zero-order valence-corrected chi connectivity index (χ0v) is 15.3. The maximum absolute atomic E-state index is 13.6. The van der Waals surface area contributed by atoms with E-state index in [1.807, 2.05) is 11.0 Å². The molecule has 0 saturated carbocycles. The Balaban J connectivity index is 1.69. The number of amides is 1. The van der Waals surface area contributed by atoms with E-state index < -0.39 is 5.76 Å². The van der Waals surface area contributed by atoms with Crippen LogP contribution in [0.4, 0.5) is 18.9 Å². The second-order valence-corrected chi connectivity index (χ2v) is 7.20. The average molecular weight is 395 g/mol. The molecule has 1 heterocycles. The monoisotopic (exact) mass is 395 g/mol. The number of alkyl halides is 2. The lowest BCUT2D eigenvalue weighted by molar-refractivity contribution is -0.118. The number of carbonyl (C=O) groups excluding carboxylic acids is 1. The highest BCUT2D eigenvalue weighted by atomic mass is 32.2. The van der Waals surface area contributed by atoms with E-state index >= 15 is 0 Å².